The van der Waals surface area contributed by atoms with E-state index in [2.05, 4.69) is 0 Å². The van der Waals surface area contributed by atoms with Gasteiger partial charge in [0.15, 0.2) is 14.5 Å². The Morgan fingerprint density at radius 1 is 0.909 bits per heavy atom. The number of rotatable bonds is 5. The Morgan fingerprint density at radius 3 is 1.95 bits per heavy atom. The van der Waals surface area contributed by atoms with Crippen LogP contribution in [-0.2, 0) is 25.7 Å². The molecule has 22 heavy (non-hydrogen) atoms. The maximum Gasteiger partial charge on any atom is 0.286 e. The molecule has 2 rings (SSSR count). The molecule has 118 valence electrons. The SMILES string of the molecule is O=S(=O)(Cc1ccccc1)c1ccc(C(Cl)S(=O)(=O)O)cc1. The van der Waals surface area contributed by atoms with Gasteiger partial charge in [-0.2, -0.15) is 8.42 Å². The summed E-state index contributed by atoms with van der Waals surface area (Å²) in [5.41, 5.74) is 0.752. The quantitative estimate of drug-likeness (QED) is 0.654. The third-order valence-electron chi connectivity index (χ3n) is 2.96. The second-order valence-corrected chi connectivity index (χ2v) is 8.83. The Labute approximate surface area is 134 Å². The Hall–Kier alpha value is -1.41. The van der Waals surface area contributed by atoms with Gasteiger partial charge in [-0.1, -0.05) is 54.1 Å². The molecule has 1 atom stereocenters. The Morgan fingerprint density at radius 2 is 1.45 bits per heavy atom. The highest BCUT2D eigenvalue weighted by Gasteiger charge is 2.23. The molecule has 0 aliphatic rings. The molecular weight excluding hydrogens is 348 g/mol. The standard InChI is InChI=1S/C14H13ClO5S2/c15-14(22(18,19)20)12-6-8-13(9-7-12)21(16,17)10-11-4-2-1-3-5-11/h1-9,14H,10H2,(H,18,19,20). The summed E-state index contributed by atoms with van der Waals surface area (Å²) in [5.74, 6) is -0.157. The monoisotopic (exact) mass is 360 g/mol. The molecule has 0 aliphatic heterocycles. The molecule has 1 N–H and O–H groups in total. The molecular formula is C14H13ClO5S2. The van der Waals surface area contributed by atoms with Crippen LogP contribution in [0.3, 0.4) is 0 Å². The number of sulfone groups is 1. The highest BCUT2D eigenvalue weighted by molar-refractivity contribution is 7.90. The van der Waals surface area contributed by atoms with E-state index in [0.29, 0.717) is 5.56 Å². The number of halogens is 1. The minimum absolute atomic E-state index is 0.0549. The molecule has 0 aliphatic carbocycles. The molecule has 2 aromatic carbocycles. The Bertz CT molecular complexity index is 844. The molecule has 0 saturated heterocycles. The number of alkyl halides is 1. The first-order valence-electron chi connectivity index (χ1n) is 6.17. The molecule has 8 heteroatoms. The van der Waals surface area contributed by atoms with Gasteiger partial charge in [-0.15, -0.1) is 0 Å². The van der Waals surface area contributed by atoms with Gasteiger partial charge in [0.05, 0.1) is 10.6 Å². The topological polar surface area (TPSA) is 88.5 Å². The van der Waals surface area contributed by atoms with Gasteiger partial charge in [-0.25, -0.2) is 8.42 Å². The zero-order valence-corrected chi connectivity index (χ0v) is 13.6. The van der Waals surface area contributed by atoms with Crippen molar-refractivity contribution in [3.63, 3.8) is 0 Å². The van der Waals surface area contributed by atoms with Crippen LogP contribution in [0.1, 0.15) is 15.8 Å². The van der Waals surface area contributed by atoms with Gasteiger partial charge in [0.1, 0.15) is 0 Å². The van der Waals surface area contributed by atoms with Crippen LogP contribution >= 0.6 is 11.6 Å². The van der Waals surface area contributed by atoms with Gasteiger partial charge >= 0.3 is 0 Å². The van der Waals surface area contributed by atoms with Crippen LogP contribution in [0.4, 0.5) is 0 Å². The van der Waals surface area contributed by atoms with Gasteiger partial charge in [-0.3, -0.25) is 4.55 Å². The summed E-state index contributed by atoms with van der Waals surface area (Å²) < 4.78 is 53.7. The van der Waals surface area contributed by atoms with E-state index in [4.69, 9.17) is 16.2 Å². The molecule has 0 bridgehead atoms. The van der Waals surface area contributed by atoms with Crippen LogP contribution in [0.25, 0.3) is 0 Å². The third kappa shape index (κ3) is 4.07. The lowest BCUT2D eigenvalue weighted by Gasteiger charge is -2.08. The third-order valence-corrected chi connectivity index (χ3v) is 6.39. The number of hydrogen-bond donors (Lipinski definition) is 1. The average Bonchev–Trinajstić information content (AvgIpc) is 2.46. The normalized spacial score (nSPS) is 13.7. The van der Waals surface area contributed by atoms with Gasteiger partial charge < -0.3 is 0 Å². The molecule has 0 aromatic heterocycles. The molecule has 0 heterocycles. The van der Waals surface area contributed by atoms with Gasteiger partial charge in [0.2, 0.25) is 0 Å². The second kappa shape index (κ2) is 6.37. The molecule has 0 amide bonds. The first-order chi connectivity index (χ1) is 10.2. The van der Waals surface area contributed by atoms with Crippen LogP contribution in [-0.4, -0.2) is 21.4 Å². The minimum atomic E-state index is -4.44. The summed E-state index contributed by atoms with van der Waals surface area (Å²) >= 11 is 5.59. The van der Waals surface area contributed by atoms with Crippen LogP contribution in [0, 0.1) is 0 Å². The summed E-state index contributed by atoms with van der Waals surface area (Å²) in [4.78, 5) is 0.0549. The lowest BCUT2D eigenvalue weighted by atomic mass is 10.2. The lowest BCUT2D eigenvalue weighted by Crippen LogP contribution is -2.08. The highest BCUT2D eigenvalue weighted by atomic mass is 35.5. The summed E-state index contributed by atoms with van der Waals surface area (Å²) in [6, 6.07) is 13.8. The van der Waals surface area contributed by atoms with Crippen molar-refractivity contribution in [3.8, 4) is 0 Å². The van der Waals surface area contributed by atoms with Crippen LogP contribution in [0.2, 0.25) is 0 Å². The van der Waals surface area contributed by atoms with Crippen molar-refractivity contribution in [1.82, 2.24) is 0 Å². The first kappa shape index (κ1) is 17.0. The van der Waals surface area contributed by atoms with E-state index in [1.807, 2.05) is 0 Å². The van der Waals surface area contributed by atoms with Crippen molar-refractivity contribution in [1.29, 1.82) is 0 Å². The number of hydrogen-bond acceptors (Lipinski definition) is 4. The molecule has 0 radical (unpaired) electrons. The summed E-state index contributed by atoms with van der Waals surface area (Å²) in [7, 11) is -7.98. The van der Waals surface area contributed by atoms with E-state index in [0.717, 1.165) is 0 Å². The van der Waals surface area contributed by atoms with Gasteiger partial charge in [0.25, 0.3) is 10.1 Å². The maximum absolute atomic E-state index is 12.3. The Balaban J connectivity index is 2.26. The second-order valence-electron chi connectivity index (χ2n) is 4.64. The van der Waals surface area contributed by atoms with E-state index < -0.39 is 24.7 Å². The summed E-state index contributed by atoms with van der Waals surface area (Å²) in [5, 5.41) is 0. The molecule has 0 spiro atoms. The first-order valence-corrected chi connectivity index (χ1v) is 9.76. The predicted molar refractivity (Wildman–Crippen MR) is 83.9 cm³/mol. The van der Waals surface area contributed by atoms with Crippen molar-refractivity contribution in [2.24, 2.45) is 0 Å². The molecule has 1 unspecified atom stereocenters. The van der Waals surface area contributed by atoms with Crippen molar-refractivity contribution in [3.05, 3.63) is 65.7 Å². The smallest absolute Gasteiger partial charge is 0.284 e. The summed E-state index contributed by atoms with van der Waals surface area (Å²) in [6.45, 7) is 0. The fraction of sp³-hybridized carbons (Fsp3) is 0.143. The fourth-order valence-corrected chi connectivity index (χ4v) is 3.87. The highest BCUT2D eigenvalue weighted by Crippen LogP contribution is 2.27. The van der Waals surface area contributed by atoms with Crippen LogP contribution in [0.15, 0.2) is 59.5 Å². The largest absolute Gasteiger partial charge is 0.286 e. The lowest BCUT2D eigenvalue weighted by molar-refractivity contribution is 0.480. The van der Waals surface area contributed by atoms with Crippen molar-refractivity contribution in [2.45, 2.75) is 15.4 Å². The zero-order chi connectivity index (χ0) is 16.4. The van der Waals surface area contributed by atoms with E-state index in [9.17, 15) is 16.8 Å². The molecule has 5 nitrogen and oxygen atoms in total. The summed E-state index contributed by atoms with van der Waals surface area (Å²) in [6.07, 6.45) is 0. The average molecular weight is 361 g/mol. The van der Waals surface area contributed by atoms with Gasteiger partial charge in [-0.05, 0) is 23.3 Å². The van der Waals surface area contributed by atoms with E-state index >= 15 is 0 Å². The number of benzene rings is 2. The van der Waals surface area contributed by atoms with Crippen LogP contribution in [0.5, 0.6) is 0 Å². The van der Waals surface area contributed by atoms with Gasteiger partial charge in [0, 0.05) is 0 Å². The predicted octanol–water partition coefficient (Wildman–Crippen LogP) is 2.79. The molecule has 2 aromatic rings. The van der Waals surface area contributed by atoms with Crippen LogP contribution < -0.4 is 0 Å². The Kier molecular flexibility index (Phi) is 4.91. The molecule has 0 saturated carbocycles. The van der Waals surface area contributed by atoms with E-state index in [-0.39, 0.29) is 16.2 Å². The minimum Gasteiger partial charge on any atom is -0.284 e. The van der Waals surface area contributed by atoms with Crippen molar-refractivity contribution >= 4 is 31.6 Å². The van der Waals surface area contributed by atoms with Crippen molar-refractivity contribution < 1.29 is 21.4 Å². The van der Waals surface area contributed by atoms with E-state index in [1.54, 1.807) is 30.3 Å². The van der Waals surface area contributed by atoms with Crippen molar-refractivity contribution in [2.75, 3.05) is 0 Å². The fourth-order valence-electron chi connectivity index (χ4n) is 1.88. The zero-order valence-electron chi connectivity index (χ0n) is 11.3. The molecule has 0 fully saturated rings. The maximum atomic E-state index is 12.3. The van der Waals surface area contributed by atoms with E-state index in [1.165, 1.54) is 24.3 Å².